The highest BCUT2D eigenvalue weighted by Gasteiger charge is 2.30. The van der Waals surface area contributed by atoms with Gasteiger partial charge >= 0.3 is 0 Å². The summed E-state index contributed by atoms with van der Waals surface area (Å²) in [7, 11) is -2.17. The average molecular weight is 428 g/mol. The van der Waals surface area contributed by atoms with Crippen LogP contribution in [0.15, 0.2) is 21.5 Å². The summed E-state index contributed by atoms with van der Waals surface area (Å²) in [5.74, 6) is 0.553. The molecule has 0 spiro atoms. The highest BCUT2D eigenvalue weighted by Crippen LogP contribution is 2.32. The van der Waals surface area contributed by atoms with Crippen LogP contribution in [-0.2, 0) is 10.0 Å². The molecular formula is C15H24BrClN2O3S. The van der Waals surface area contributed by atoms with Crippen LogP contribution in [0.3, 0.4) is 0 Å². The number of benzene rings is 1. The van der Waals surface area contributed by atoms with Gasteiger partial charge in [0.1, 0.15) is 10.6 Å². The number of hydrogen-bond acceptors (Lipinski definition) is 4. The second-order valence-electron chi connectivity index (χ2n) is 5.76. The van der Waals surface area contributed by atoms with Gasteiger partial charge in [-0.15, -0.1) is 12.4 Å². The third-order valence-corrected chi connectivity index (χ3v) is 6.62. The first-order valence-corrected chi connectivity index (χ1v) is 9.73. The van der Waals surface area contributed by atoms with Crippen LogP contribution in [0.4, 0.5) is 0 Å². The van der Waals surface area contributed by atoms with Gasteiger partial charge in [0.25, 0.3) is 0 Å². The van der Waals surface area contributed by atoms with Crippen LogP contribution in [0.2, 0.25) is 0 Å². The first kappa shape index (κ1) is 20.7. The number of nitrogens with two attached hydrogens (primary N) is 1. The molecule has 1 aliphatic carbocycles. The summed E-state index contributed by atoms with van der Waals surface area (Å²) < 4.78 is 34.3. The normalized spacial score (nSPS) is 21.6. The molecule has 0 bridgehead atoms. The highest BCUT2D eigenvalue weighted by atomic mass is 79.9. The van der Waals surface area contributed by atoms with Crippen molar-refractivity contribution in [3.8, 4) is 5.75 Å². The Labute approximate surface area is 152 Å². The molecule has 1 aromatic carbocycles. The monoisotopic (exact) mass is 426 g/mol. The lowest BCUT2D eigenvalue weighted by molar-refractivity contribution is 0.295. The molecule has 1 aliphatic rings. The van der Waals surface area contributed by atoms with Gasteiger partial charge < -0.3 is 10.5 Å². The SMILES string of the molecule is COc1cc(C)c(Br)cc1S(=O)(=O)NC1CCCCC1CN.Cl. The van der Waals surface area contributed by atoms with E-state index in [4.69, 9.17) is 10.5 Å². The number of sulfonamides is 1. The van der Waals surface area contributed by atoms with Gasteiger partial charge in [0.05, 0.1) is 7.11 Å². The van der Waals surface area contributed by atoms with Gasteiger partial charge in [-0.3, -0.25) is 0 Å². The zero-order valence-electron chi connectivity index (χ0n) is 13.3. The van der Waals surface area contributed by atoms with Gasteiger partial charge in [-0.05, 0) is 49.9 Å². The summed E-state index contributed by atoms with van der Waals surface area (Å²) in [5.41, 5.74) is 6.71. The number of hydrogen-bond donors (Lipinski definition) is 2. The predicted molar refractivity (Wildman–Crippen MR) is 97.8 cm³/mol. The Morgan fingerprint density at radius 1 is 1.35 bits per heavy atom. The first-order chi connectivity index (χ1) is 10.4. The van der Waals surface area contributed by atoms with Crippen molar-refractivity contribution in [1.29, 1.82) is 0 Å². The van der Waals surface area contributed by atoms with E-state index in [2.05, 4.69) is 20.7 Å². The Hall–Kier alpha value is -0.340. The Balaban J connectivity index is 0.00000264. The third-order valence-electron chi connectivity index (χ3n) is 4.25. The molecule has 8 heteroatoms. The number of nitrogens with one attached hydrogen (secondary N) is 1. The van der Waals surface area contributed by atoms with Crippen molar-refractivity contribution >= 4 is 38.4 Å². The molecule has 132 valence electrons. The fraction of sp³-hybridized carbons (Fsp3) is 0.600. The van der Waals surface area contributed by atoms with E-state index in [-0.39, 0.29) is 29.3 Å². The lowest BCUT2D eigenvalue weighted by Gasteiger charge is -2.31. The second kappa shape index (κ2) is 8.67. The standard InChI is InChI=1S/C15H23BrN2O3S.ClH/c1-10-7-14(21-2)15(8-12(10)16)22(19,20)18-13-6-4-3-5-11(13)9-17;/h7-8,11,13,18H,3-6,9,17H2,1-2H3;1H. The Bertz CT molecular complexity index is 640. The molecule has 0 amide bonds. The van der Waals surface area contributed by atoms with Gasteiger partial charge in [-0.2, -0.15) is 0 Å². The van der Waals surface area contributed by atoms with Crippen LogP contribution in [-0.4, -0.2) is 28.1 Å². The van der Waals surface area contributed by atoms with E-state index < -0.39 is 10.0 Å². The number of aryl methyl sites for hydroxylation is 1. The second-order valence-corrected chi connectivity index (χ2v) is 8.30. The molecule has 1 saturated carbocycles. The van der Waals surface area contributed by atoms with E-state index in [0.717, 1.165) is 35.7 Å². The molecule has 0 heterocycles. The van der Waals surface area contributed by atoms with E-state index in [1.165, 1.54) is 7.11 Å². The number of halogens is 2. The van der Waals surface area contributed by atoms with Crippen molar-refractivity contribution < 1.29 is 13.2 Å². The molecule has 0 aromatic heterocycles. The smallest absolute Gasteiger partial charge is 0.244 e. The zero-order valence-corrected chi connectivity index (χ0v) is 16.6. The lowest BCUT2D eigenvalue weighted by atomic mass is 9.85. The Morgan fingerprint density at radius 2 is 2.00 bits per heavy atom. The molecule has 23 heavy (non-hydrogen) atoms. The molecule has 1 aromatic rings. The maximum absolute atomic E-state index is 12.8. The summed E-state index contributed by atoms with van der Waals surface area (Å²) in [6, 6.07) is 3.21. The van der Waals surface area contributed by atoms with E-state index in [1.807, 2.05) is 6.92 Å². The lowest BCUT2D eigenvalue weighted by Crippen LogP contribution is -2.44. The quantitative estimate of drug-likeness (QED) is 0.757. The zero-order chi connectivity index (χ0) is 16.3. The molecule has 1 fully saturated rings. The summed E-state index contributed by atoms with van der Waals surface area (Å²) >= 11 is 3.38. The Morgan fingerprint density at radius 3 is 2.61 bits per heavy atom. The highest BCUT2D eigenvalue weighted by molar-refractivity contribution is 9.10. The third kappa shape index (κ3) is 4.82. The minimum atomic E-state index is -3.65. The summed E-state index contributed by atoms with van der Waals surface area (Å²) in [5, 5.41) is 0. The van der Waals surface area contributed by atoms with Gasteiger partial charge in [-0.25, -0.2) is 13.1 Å². The van der Waals surface area contributed by atoms with Gasteiger partial charge in [0.15, 0.2) is 0 Å². The largest absolute Gasteiger partial charge is 0.495 e. The number of rotatable bonds is 5. The minimum absolute atomic E-state index is 0. The molecule has 2 rings (SSSR count). The number of methoxy groups -OCH3 is 1. The van der Waals surface area contributed by atoms with Crippen molar-refractivity contribution in [3.63, 3.8) is 0 Å². The summed E-state index contributed by atoms with van der Waals surface area (Å²) in [4.78, 5) is 0.161. The van der Waals surface area contributed by atoms with Crippen LogP contribution < -0.4 is 15.2 Å². The first-order valence-electron chi connectivity index (χ1n) is 7.45. The van der Waals surface area contributed by atoms with Crippen LogP contribution >= 0.6 is 28.3 Å². The Kier molecular flexibility index (Phi) is 7.80. The van der Waals surface area contributed by atoms with E-state index in [0.29, 0.717) is 12.3 Å². The van der Waals surface area contributed by atoms with Crippen LogP contribution in [0.25, 0.3) is 0 Å². The van der Waals surface area contributed by atoms with Crippen LogP contribution in [0.1, 0.15) is 31.2 Å². The van der Waals surface area contributed by atoms with Crippen LogP contribution in [0, 0.1) is 12.8 Å². The van der Waals surface area contributed by atoms with Gasteiger partial charge in [-0.1, -0.05) is 28.8 Å². The fourth-order valence-corrected chi connectivity index (χ4v) is 4.92. The van der Waals surface area contributed by atoms with Crippen molar-refractivity contribution in [3.05, 3.63) is 22.2 Å². The maximum Gasteiger partial charge on any atom is 0.244 e. The minimum Gasteiger partial charge on any atom is -0.495 e. The maximum atomic E-state index is 12.8. The van der Waals surface area contributed by atoms with Crippen molar-refractivity contribution in [1.82, 2.24) is 4.72 Å². The van der Waals surface area contributed by atoms with Crippen LogP contribution in [0.5, 0.6) is 5.75 Å². The molecule has 2 unspecified atom stereocenters. The molecule has 0 aliphatic heterocycles. The van der Waals surface area contributed by atoms with Crippen molar-refractivity contribution in [2.45, 2.75) is 43.5 Å². The van der Waals surface area contributed by atoms with E-state index in [1.54, 1.807) is 12.1 Å². The molecule has 5 nitrogen and oxygen atoms in total. The molecule has 0 saturated heterocycles. The number of ether oxygens (including phenoxy) is 1. The molecule has 0 radical (unpaired) electrons. The topological polar surface area (TPSA) is 81.4 Å². The average Bonchev–Trinajstić information content (AvgIpc) is 2.49. The predicted octanol–water partition coefficient (Wildman–Crippen LogP) is 2.98. The summed E-state index contributed by atoms with van der Waals surface area (Å²) in [6.45, 7) is 2.39. The van der Waals surface area contributed by atoms with Crippen molar-refractivity contribution in [2.24, 2.45) is 11.7 Å². The van der Waals surface area contributed by atoms with Gasteiger partial charge in [0.2, 0.25) is 10.0 Å². The van der Waals surface area contributed by atoms with Crippen molar-refractivity contribution in [2.75, 3.05) is 13.7 Å². The van der Waals surface area contributed by atoms with E-state index >= 15 is 0 Å². The van der Waals surface area contributed by atoms with E-state index in [9.17, 15) is 8.42 Å². The van der Waals surface area contributed by atoms with Gasteiger partial charge in [0, 0.05) is 10.5 Å². The summed E-state index contributed by atoms with van der Waals surface area (Å²) in [6.07, 6.45) is 3.94. The molecule has 2 atom stereocenters. The fourth-order valence-electron chi connectivity index (χ4n) is 2.91. The molecular weight excluding hydrogens is 404 g/mol. The molecule has 3 N–H and O–H groups in total.